The predicted molar refractivity (Wildman–Crippen MR) is 75.5 cm³/mol. The first-order valence-electron chi connectivity index (χ1n) is 6.09. The number of thioether (sulfide) groups is 1. The van der Waals surface area contributed by atoms with Crippen molar-refractivity contribution in [3.05, 3.63) is 54.5 Å². The fraction of sp³-hybridized carbons (Fsp3) is 0.286. The van der Waals surface area contributed by atoms with E-state index in [-0.39, 0.29) is 0 Å². The van der Waals surface area contributed by atoms with Crippen LogP contribution in [0.5, 0.6) is 0 Å². The molecule has 3 nitrogen and oxygen atoms in total. The van der Waals surface area contributed by atoms with Gasteiger partial charge in [-0.25, -0.2) is 4.98 Å². The van der Waals surface area contributed by atoms with Crippen molar-refractivity contribution in [2.45, 2.75) is 18.0 Å². The minimum atomic E-state index is 0.842. The molecule has 0 saturated carbocycles. The van der Waals surface area contributed by atoms with Gasteiger partial charge in [0.1, 0.15) is 0 Å². The summed E-state index contributed by atoms with van der Waals surface area (Å²) in [5, 5.41) is 4.49. The second-order valence-electron chi connectivity index (χ2n) is 3.87. The number of pyridine rings is 2. The number of aromatic nitrogens is 2. The molecule has 0 aliphatic carbocycles. The summed E-state index contributed by atoms with van der Waals surface area (Å²) < 4.78 is 0. The Hall–Kier alpha value is -1.39. The second kappa shape index (κ2) is 7.84. The Kier molecular flexibility index (Phi) is 5.69. The molecule has 0 aliphatic rings. The Bertz CT molecular complexity index is 390. The van der Waals surface area contributed by atoms with Crippen LogP contribution in [0.1, 0.15) is 12.1 Å². The van der Waals surface area contributed by atoms with E-state index in [0.717, 1.165) is 36.0 Å². The largest absolute Gasteiger partial charge is 0.311 e. The molecule has 2 aromatic rings. The molecular formula is C14H17N3S. The van der Waals surface area contributed by atoms with Gasteiger partial charge in [0.2, 0.25) is 0 Å². The summed E-state index contributed by atoms with van der Waals surface area (Å²) in [5.74, 6) is 1.09. The molecule has 2 aromatic heterocycles. The van der Waals surface area contributed by atoms with Gasteiger partial charge in [-0.2, -0.15) is 0 Å². The van der Waals surface area contributed by atoms with E-state index in [4.69, 9.17) is 0 Å². The van der Waals surface area contributed by atoms with E-state index in [2.05, 4.69) is 15.3 Å². The molecule has 18 heavy (non-hydrogen) atoms. The average molecular weight is 259 g/mol. The van der Waals surface area contributed by atoms with Gasteiger partial charge in [-0.3, -0.25) is 4.98 Å². The molecule has 0 unspecified atom stereocenters. The normalized spacial score (nSPS) is 10.4. The molecule has 0 fully saturated rings. The van der Waals surface area contributed by atoms with Crippen LogP contribution in [0.15, 0.2) is 53.8 Å². The molecule has 0 aromatic carbocycles. The predicted octanol–water partition coefficient (Wildman–Crippen LogP) is 2.75. The quantitative estimate of drug-likeness (QED) is 0.613. The van der Waals surface area contributed by atoms with Crippen LogP contribution >= 0.6 is 11.8 Å². The highest BCUT2D eigenvalue weighted by Gasteiger charge is 1.95. The number of nitrogens with zero attached hydrogens (tertiary/aromatic N) is 2. The Morgan fingerprint density at radius 3 is 2.56 bits per heavy atom. The molecule has 4 heteroatoms. The van der Waals surface area contributed by atoms with E-state index >= 15 is 0 Å². The summed E-state index contributed by atoms with van der Waals surface area (Å²) in [6.07, 6.45) is 4.80. The Balaban J connectivity index is 1.54. The summed E-state index contributed by atoms with van der Waals surface area (Å²) in [6.45, 7) is 1.85. The van der Waals surface area contributed by atoms with Crippen LogP contribution < -0.4 is 5.32 Å². The lowest BCUT2D eigenvalue weighted by Crippen LogP contribution is -2.15. The molecule has 0 bridgehead atoms. The zero-order valence-electron chi connectivity index (χ0n) is 10.2. The number of rotatable bonds is 7. The van der Waals surface area contributed by atoms with Crippen molar-refractivity contribution < 1.29 is 0 Å². The Morgan fingerprint density at radius 2 is 1.83 bits per heavy atom. The van der Waals surface area contributed by atoms with Crippen LogP contribution in [-0.2, 0) is 6.54 Å². The molecule has 0 spiro atoms. The van der Waals surface area contributed by atoms with Crippen molar-refractivity contribution in [2.75, 3.05) is 12.3 Å². The molecule has 1 N–H and O–H groups in total. The molecule has 0 saturated heterocycles. The van der Waals surface area contributed by atoms with Crippen molar-refractivity contribution in [3.63, 3.8) is 0 Å². The van der Waals surface area contributed by atoms with Crippen LogP contribution in [0.2, 0.25) is 0 Å². The maximum absolute atomic E-state index is 4.28. The lowest BCUT2D eigenvalue weighted by Gasteiger charge is -2.04. The standard InChI is InChI=1S/C14H17N3S/c1-3-9-16-13(6-1)12-15-8-5-11-18-14-7-2-4-10-17-14/h1-4,6-7,9-10,15H,5,8,11-12H2. The smallest absolute Gasteiger partial charge is 0.0959 e. The van der Waals surface area contributed by atoms with Crippen molar-refractivity contribution >= 4 is 11.8 Å². The van der Waals surface area contributed by atoms with Crippen LogP contribution in [-0.4, -0.2) is 22.3 Å². The minimum Gasteiger partial charge on any atom is -0.311 e. The summed E-state index contributed by atoms with van der Waals surface area (Å²) >= 11 is 1.80. The van der Waals surface area contributed by atoms with E-state index in [1.807, 2.05) is 48.8 Å². The van der Waals surface area contributed by atoms with E-state index in [1.165, 1.54) is 0 Å². The molecule has 0 aliphatic heterocycles. The van der Waals surface area contributed by atoms with Gasteiger partial charge < -0.3 is 5.32 Å². The topological polar surface area (TPSA) is 37.8 Å². The third kappa shape index (κ3) is 4.85. The minimum absolute atomic E-state index is 0.842. The van der Waals surface area contributed by atoms with Crippen LogP contribution in [0.4, 0.5) is 0 Å². The zero-order valence-corrected chi connectivity index (χ0v) is 11.1. The highest BCUT2D eigenvalue weighted by molar-refractivity contribution is 7.99. The first-order chi connectivity index (χ1) is 8.95. The van der Waals surface area contributed by atoms with Gasteiger partial charge in [-0.1, -0.05) is 12.1 Å². The number of hydrogen-bond donors (Lipinski definition) is 1. The molecule has 94 valence electrons. The molecule has 0 radical (unpaired) electrons. The molecular weight excluding hydrogens is 242 g/mol. The van der Waals surface area contributed by atoms with Gasteiger partial charge in [0, 0.05) is 24.7 Å². The maximum atomic E-state index is 4.28. The Morgan fingerprint density at radius 1 is 1.00 bits per heavy atom. The average Bonchev–Trinajstić information content (AvgIpc) is 2.45. The Labute approximate surface area is 112 Å². The van der Waals surface area contributed by atoms with Gasteiger partial charge in [0.05, 0.1) is 10.7 Å². The van der Waals surface area contributed by atoms with E-state index in [0.29, 0.717) is 0 Å². The monoisotopic (exact) mass is 259 g/mol. The summed E-state index contributed by atoms with van der Waals surface area (Å²) in [4.78, 5) is 8.54. The van der Waals surface area contributed by atoms with Gasteiger partial charge in [-0.15, -0.1) is 11.8 Å². The SMILES string of the molecule is c1ccc(CNCCCSc2ccccn2)nc1. The van der Waals surface area contributed by atoms with Crippen molar-refractivity contribution in [1.29, 1.82) is 0 Å². The second-order valence-corrected chi connectivity index (χ2v) is 4.98. The molecule has 0 atom stereocenters. The highest BCUT2D eigenvalue weighted by atomic mass is 32.2. The van der Waals surface area contributed by atoms with Crippen LogP contribution in [0.25, 0.3) is 0 Å². The fourth-order valence-corrected chi connectivity index (χ4v) is 2.33. The molecule has 0 amide bonds. The van der Waals surface area contributed by atoms with Gasteiger partial charge in [0.15, 0.2) is 0 Å². The van der Waals surface area contributed by atoms with Crippen molar-refractivity contribution in [3.8, 4) is 0 Å². The van der Waals surface area contributed by atoms with Crippen molar-refractivity contribution in [1.82, 2.24) is 15.3 Å². The van der Waals surface area contributed by atoms with Gasteiger partial charge in [-0.05, 0) is 37.2 Å². The molecule has 2 heterocycles. The van der Waals surface area contributed by atoms with Crippen molar-refractivity contribution in [2.24, 2.45) is 0 Å². The summed E-state index contributed by atoms with van der Waals surface area (Å²) in [5.41, 5.74) is 1.09. The zero-order chi connectivity index (χ0) is 12.5. The van der Waals surface area contributed by atoms with E-state index < -0.39 is 0 Å². The first kappa shape index (κ1) is 13.1. The number of hydrogen-bond acceptors (Lipinski definition) is 4. The maximum Gasteiger partial charge on any atom is 0.0959 e. The fourth-order valence-electron chi connectivity index (χ4n) is 1.53. The third-order valence-electron chi connectivity index (χ3n) is 2.42. The molecule has 2 rings (SSSR count). The summed E-state index contributed by atoms with van der Waals surface area (Å²) in [6, 6.07) is 12.0. The third-order valence-corrected chi connectivity index (χ3v) is 3.45. The van der Waals surface area contributed by atoms with E-state index in [1.54, 1.807) is 11.8 Å². The van der Waals surface area contributed by atoms with E-state index in [9.17, 15) is 0 Å². The first-order valence-corrected chi connectivity index (χ1v) is 7.08. The summed E-state index contributed by atoms with van der Waals surface area (Å²) in [7, 11) is 0. The van der Waals surface area contributed by atoms with Crippen LogP contribution in [0, 0.1) is 0 Å². The lowest BCUT2D eigenvalue weighted by atomic mass is 10.3. The number of nitrogens with one attached hydrogen (secondary N) is 1. The highest BCUT2D eigenvalue weighted by Crippen LogP contribution is 2.14. The van der Waals surface area contributed by atoms with Gasteiger partial charge >= 0.3 is 0 Å². The lowest BCUT2D eigenvalue weighted by molar-refractivity contribution is 0.667. The van der Waals surface area contributed by atoms with Gasteiger partial charge in [0.25, 0.3) is 0 Å². The van der Waals surface area contributed by atoms with Crippen LogP contribution in [0.3, 0.4) is 0 Å².